The van der Waals surface area contributed by atoms with Crippen molar-refractivity contribution in [3.8, 4) is 17.1 Å². The summed E-state index contributed by atoms with van der Waals surface area (Å²) in [5.74, 6) is 1.95. The molecule has 5 rings (SSSR count). The molecule has 0 atom stereocenters. The normalized spacial score (nSPS) is 12.6. The molecule has 0 radical (unpaired) electrons. The summed E-state index contributed by atoms with van der Waals surface area (Å²) in [4.78, 5) is 4.86. The van der Waals surface area contributed by atoms with Crippen LogP contribution in [-0.2, 0) is 19.6 Å². The Labute approximate surface area is 146 Å². The molecule has 3 heteroatoms. The van der Waals surface area contributed by atoms with E-state index in [1.54, 1.807) is 0 Å². The Morgan fingerprint density at radius 2 is 1.76 bits per heavy atom. The minimum absolute atomic E-state index is 0.580. The van der Waals surface area contributed by atoms with E-state index in [0.717, 1.165) is 35.6 Å². The summed E-state index contributed by atoms with van der Waals surface area (Å²) >= 11 is 0. The smallest absolute Gasteiger partial charge is 0.141 e. The first-order valence-electron chi connectivity index (χ1n) is 8.64. The van der Waals surface area contributed by atoms with Crippen LogP contribution < -0.4 is 4.74 Å². The molecular formula is C22H18N2O. The number of benzene rings is 3. The van der Waals surface area contributed by atoms with E-state index in [2.05, 4.69) is 53.1 Å². The van der Waals surface area contributed by atoms with Gasteiger partial charge in [-0.1, -0.05) is 54.6 Å². The first-order chi connectivity index (χ1) is 12.4. The molecule has 0 saturated carbocycles. The Bertz CT molecular complexity index is 1050. The molecule has 0 N–H and O–H groups in total. The highest BCUT2D eigenvalue weighted by atomic mass is 16.5. The number of rotatable bonds is 3. The van der Waals surface area contributed by atoms with Gasteiger partial charge in [-0.2, -0.15) is 0 Å². The Balaban J connectivity index is 1.51. The second-order valence-electron chi connectivity index (χ2n) is 6.42. The average Bonchev–Trinajstić information content (AvgIpc) is 3.05. The van der Waals surface area contributed by atoms with Crippen molar-refractivity contribution < 1.29 is 4.74 Å². The van der Waals surface area contributed by atoms with E-state index in [1.165, 1.54) is 16.7 Å². The van der Waals surface area contributed by atoms with Crippen molar-refractivity contribution in [1.29, 1.82) is 0 Å². The van der Waals surface area contributed by atoms with Gasteiger partial charge in [-0.25, -0.2) is 4.98 Å². The highest BCUT2D eigenvalue weighted by molar-refractivity contribution is 5.83. The second kappa shape index (κ2) is 5.78. The molecule has 0 unspecified atom stereocenters. The van der Waals surface area contributed by atoms with Gasteiger partial charge in [0.25, 0.3) is 0 Å². The Morgan fingerprint density at radius 3 is 2.68 bits per heavy atom. The number of hydrogen-bond acceptors (Lipinski definition) is 2. The highest BCUT2D eigenvalue weighted by Gasteiger charge is 2.20. The molecular weight excluding hydrogens is 308 g/mol. The molecule has 1 aromatic heterocycles. The summed E-state index contributed by atoms with van der Waals surface area (Å²) in [6, 6.07) is 25.0. The zero-order valence-electron chi connectivity index (χ0n) is 13.9. The average molecular weight is 326 g/mol. The second-order valence-corrected chi connectivity index (χ2v) is 6.42. The zero-order chi connectivity index (χ0) is 16.6. The minimum Gasteiger partial charge on any atom is -0.489 e. The molecule has 0 bridgehead atoms. The van der Waals surface area contributed by atoms with Crippen LogP contribution in [0.4, 0.5) is 0 Å². The predicted octanol–water partition coefficient (Wildman–Crippen LogP) is 4.84. The fourth-order valence-corrected chi connectivity index (χ4v) is 3.55. The van der Waals surface area contributed by atoms with Crippen LogP contribution in [0.2, 0.25) is 0 Å². The third kappa shape index (κ3) is 2.49. The lowest BCUT2D eigenvalue weighted by Gasteiger charge is -2.18. The fraction of sp³-hybridized carbons (Fsp3) is 0.136. The molecule has 0 saturated heterocycles. The van der Waals surface area contributed by atoms with E-state index in [-0.39, 0.29) is 0 Å². The minimum atomic E-state index is 0.580. The van der Waals surface area contributed by atoms with Crippen molar-refractivity contribution in [2.45, 2.75) is 19.6 Å². The van der Waals surface area contributed by atoms with E-state index >= 15 is 0 Å². The number of aryl methyl sites for hydroxylation is 2. The van der Waals surface area contributed by atoms with E-state index in [1.807, 2.05) is 24.3 Å². The molecule has 0 fully saturated rings. The van der Waals surface area contributed by atoms with Crippen LogP contribution in [0.25, 0.3) is 22.4 Å². The number of hydrogen-bond donors (Lipinski definition) is 0. The van der Waals surface area contributed by atoms with Gasteiger partial charge in [-0.3, -0.25) is 0 Å². The summed E-state index contributed by atoms with van der Waals surface area (Å²) in [6.45, 7) is 1.54. The molecule has 1 aliphatic rings. The number of ether oxygens (including phenoxy) is 1. The number of fused-ring (bicyclic) bond motifs is 5. The van der Waals surface area contributed by atoms with Crippen LogP contribution in [0.5, 0.6) is 5.75 Å². The summed E-state index contributed by atoms with van der Waals surface area (Å²) in [6.07, 6.45) is 1.05. The Hall–Kier alpha value is -3.07. The maximum Gasteiger partial charge on any atom is 0.141 e. The maximum absolute atomic E-state index is 5.99. The lowest BCUT2D eigenvalue weighted by atomic mass is 10.0. The third-order valence-electron chi connectivity index (χ3n) is 4.83. The van der Waals surface area contributed by atoms with Crippen molar-refractivity contribution in [3.05, 3.63) is 83.9 Å². The van der Waals surface area contributed by atoms with Gasteiger partial charge in [0.2, 0.25) is 0 Å². The first-order valence-corrected chi connectivity index (χ1v) is 8.64. The number of aromatic nitrogens is 2. The largest absolute Gasteiger partial charge is 0.489 e. The van der Waals surface area contributed by atoms with Gasteiger partial charge in [-0.05, 0) is 29.7 Å². The molecule has 0 aliphatic carbocycles. The van der Waals surface area contributed by atoms with Crippen LogP contribution in [0.3, 0.4) is 0 Å². The van der Waals surface area contributed by atoms with Crippen LogP contribution in [0, 0.1) is 0 Å². The molecule has 1 aliphatic heterocycles. The van der Waals surface area contributed by atoms with Crippen molar-refractivity contribution in [1.82, 2.24) is 9.55 Å². The predicted molar refractivity (Wildman–Crippen MR) is 99.6 cm³/mol. The van der Waals surface area contributed by atoms with Gasteiger partial charge >= 0.3 is 0 Å². The quantitative estimate of drug-likeness (QED) is 0.539. The fourth-order valence-electron chi connectivity index (χ4n) is 3.55. The van der Waals surface area contributed by atoms with Crippen LogP contribution in [-0.4, -0.2) is 9.55 Å². The molecule has 3 nitrogen and oxygen atoms in total. The third-order valence-corrected chi connectivity index (χ3v) is 4.83. The standard InChI is InChI=1S/C22H18N2O/c1-2-6-16(7-3-1)15-25-18-10-11-20-21(14-18)24-13-12-17-8-4-5-9-19(17)22(24)23-20/h1-11,14H,12-13,15H2. The van der Waals surface area contributed by atoms with Gasteiger partial charge in [-0.15, -0.1) is 0 Å². The maximum atomic E-state index is 5.99. The lowest BCUT2D eigenvalue weighted by molar-refractivity contribution is 0.306. The van der Waals surface area contributed by atoms with E-state index in [4.69, 9.17) is 9.72 Å². The summed E-state index contributed by atoms with van der Waals surface area (Å²) in [5, 5.41) is 0. The molecule has 122 valence electrons. The highest BCUT2D eigenvalue weighted by Crippen LogP contribution is 2.33. The molecule has 3 aromatic carbocycles. The van der Waals surface area contributed by atoms with Crippen molar-refractivity contribution in [3.63, 3.8) is 0 Å². The van der Waals surface area contributed by atoms with E-state index in [0.29, 0.717) is 6.61 Å². The topological polar surface area (TPSA) is 27.1 Å². The summed E-state index contributed by atoms with van der Waals surface area (Å²) < 4.78 is 8.30. The van der Waals surface area contributed by atoms with Gasteiger partial charge in [0.15, 0.2) is 0 Å². The molecule has 25 heavy (non-hydrogen) atoms. The zero-order valence-corrected chi connectivity index (χ0v) is 13.9. The van der Waals surface area contributed by atoms with Crippen LogP contribution >= 0.6 is 0 Å². The van der Waals surface area contributed by atoms with Gasteiger partial charge in [0.1, 0.15) is 18.2 Å². The lowest BCUT2D eigenvalue weighted by Crippen LogP contribution is -2.10. The molecule has 0 spiro atoms. The summed E-state index contributed by atoms with van der Waals surface area (Å²) in [5.41, 5.74) is 5.98. The van der Waals surface area contributed by atoms with E-state index < -0.39 is 0 Å². The van der Waals surface area contributed by atoms with E-state index in [9.17, 15) is 0 Å². The van der Waals surface area contributed by atoms with Crippen molar-refractivity contribution in [2.24, 2.45) is 0 Å². The molecule has 4 aromatic rings. The molecule has 0 amide bonds. The Kier molecular flexibility index (Phi) is 3.30. The SMILES string of the molecule is c1ccc(COc2ccc3nc4n(c3c2)CCc2ccccc2-4)cc1. The van der Waals surface area contributed by atoms with Gasteiger partial charge < -0.3 is 9.30 Å². The Morgan fingerprint density at radius 1 is 0.920 bits per heavy atom. The van der Waals surface area contributed by atoms with Gasteiger partial charge in [0.05, 0.1) is 11.0 Å². The first kappa shape index (κ1) is 14.3. The number of nitrogens with zero attached hydrogens (tertiary/aromatic N) is 2. The molecule has 2 heterocycles. The van der Waals surface area contributed by atoms with Crippen LogP contribution in [0.1, 0.15) is 11.1 Å². The van der Waals surface area contributed by atoms with Crippen molar-refractivity contribution in [2.75, 3.05) is 0 Å². The van der Waals surface area contributed by atoms with Crippen molar-refractivity contribution >= 4 is 11.0 Å². The van der Waals surface area contributed by atoms with Gasteiger partial charge in [0, 0.05) is 18.2 Å². The monoisotopic (exact) mass is 326 g/mol. The summed E-state index contributed by atoms with van der Waals surface area (Å²) in [7, 11) is 0. The number of imidazole rings is 1. The van der Waals surface area contributed by atoms with Crippen LogP contribution in [0.15, 0.2) is 72.8 Å².